The maximum absolute atomic E-state index is 13.2. The first-order chi connectivity index (χ1) is 14.4. The Morgan fingerprint density at radius 1 is 1.13 bits per heavy atom. The van der Waals surface area contributed by atoms with Gasteiger partial charge in [0, 0.05) is 63.7 Å². The summed E-state index contributed by atoms with van der Waals surface area (Å²) in [5.41, 5.74) is 1.44. The summed E-state index contributed by atoms with van der Waals surface area (Å²) in [7, 11) is -3.70. The predicted octanol–water partition coefficient (Wildman–Crippen LogP) is 1.39. The molecular weight excluding hydrogens is 404 g/mol. The molecule has 0 aliphatic carbocycles. The molecule has 2 aliphatic heterocycles. The van der Waals surface area contributed by atoms with E-state index in [9.17, 15) is 18.0 Å². The van der Waals surface area contributed by atoms with Crippen molar-refractivity contribution in [3.05, 3.63) is 36.0 Å². The first-order valence-electron chi connectivity index (χ1n) is 10.3. The zero-order valence-corrected chi connectivity index (χ0v) is 17.9. The van der Waals surface area contributed by atoms with E-state index >= 15 is 0 Å². The third-order valence-electron chi connectivity index (χ3n) is 5.79. The Morgan fingerprint density at radius 3 is 2.60 bits per heavy atom. The SMILES string of the molecule is Cc1cnc2c(S(=O)(=O)N3CCN(C(=O)CCN4CCCC4=O)CC3)cccc2c1. The maximum Gasteiger partial charge on any atom is 0.245 e. The molecule has 4 rings (SSSR count). The van der Waals surface area contributed by atoms with Crippen molar-refractivity contribution in [2.45, 2.75) is 31.1 Å². The Labute approximate surface area is 176 Å². The highest BCUT2D eigenvalue weighted by molar-refractivity contribution is 7.89. The van der Waals surface area contributed by atoms with Crippen molar-refractivity contribution in [3.63, 3.8) is 0 Å². The van der Waals surface area contributed by atoms with Gasteiger partial charge in [-0.1, -0.05) is 12.1 Å². The van der Waals surface area contributed by atoms with Gasteiger partial charge in [0.2, 0.25) is 21.8 Å². The largest absolute Gasteiger partial charge is 0.342 e. The lowest BCUT2D eigenvalue weighted by molar-refractivity contribution is -0.133. The number of pyridine rings is 1. The van der Waals surface area contributed by atoms with Crippen LogP contribution in [0.1, 0.15) is 24.8 Å². The van der Waals surface area contributed by atoms with Crippen LogP contribution in [0.5, 0.6) is 0 Å². The van der Waals surface area contributed by atoms with Crippen LogP contribution in [0.25, 0.3) is 10.9 Å². The molecular formula is C21H26N4O4S. The molecule has 2 amide bonds. The number of aromatic nitrogens is 1. The van der Waals surface area contributed by atoms with Gasteiger partial charge in [-0.05, 0) is 31.0 Å². The standard InChI is InChI=1S/C21H26N4O4S/c1-16-14-17-4-2-5-18(21(17)22-15-16)30(28,29)25-12-10-24(11-13-25)20(27)7-9-23-8-3-6-19(23)26/h2,4-5,14-15H,3,6-13H2,1H3. The van der Waals surface area contributed by atoms with Crippen molar-refractivity contribution < 1.29 is 18.0 Å². The van der Waals surface area contributed by atoms with E-state index in [0.29, 0.717) is 31.6 Å². The van der Waals surface area contributed by atoms with Crippen LogP contribution in [0, 0.1) is 6.92 Å². The monoisotopic (exact) mass is 430 g/mol. The van der Waals surface area contributed by atoms with Gasteiger partial charge in [0.1, 0.15) is 4.90 Å². The number of aryl methyl sites for hydroxylation is 1. The summed E-state index contributed by atoms with van der Waals surface area (Å²) in [6.07, 6.45) is 3.37. The van der Waals surface area contributed by atoms with Gasteiger partial charge in [-0.2, -0.15) is 4.31 Å². The molecule has 1 aromatic heterocycles. The topological polar surface area (TPSA) is 90.9 Å². The van der Waals surface area contributed by atoms with E-state index in [1.165, 1.54) is 4.31 Å². The van der Waals surface area contributed by atoms with E-state index in [1.54, 1.807) is 28.1 Å². The lowest BCUT2D eigenvalue weighted by atomic mass is 10.2. The highest BCUT2D eigenvalue weighted by Gasteiger charge is 2.32. The number of likely N-dealkylation sites (tertiary alicyclic amines) is 1. The molecule has 2 aromatic rings. The van der Waals surface area contributed by atoms with Crippen molar-refractivity contribution >= 4 is 32.7 Å². The third kappa shape index (κ3) is 4.04. The lowest BCUT2D eigenvalue weighted by Crippen LogP contribution is -2.51. The van der Waals surface area contributed by atoms with Crippen LogP contribution in [0.15, 0.2) is 35.4 Å². The minimum absolute atomic E-state index is 0.0333. The third-order valence-corrected chi connectivity index (χ3v) is 7.72. The number of para-hydroxylation sites is 1. The number of hydrogen-bond acceptors (Lipinski definition) is 5. The van der Waals surface area contributed by atoms with Crippen LogP contribution < -0.4 is 0 Å². The Balaban J connectivity index is 1.41. The number of carbonyl (C=O) groups excluding carboxylic acids is 2. The normalized spacial score (nSPS) is 18.4. The molecule has 3 heterocycles. The van der Waals surface area contributed by atoms with Gasteiger partial charge in [0.15, 0.2) is 0 Å². The molecule has 2 saturated heterocycles. The molecule has 30 heavy (non-hydrogen) atoms. The van der Waals surface area contributed by atoms with E-state index in [1.807, 2.05) is 19.1 Å². The molecule has 0 N–H and O–H groups in total. The van der Waals surface area contributed by atoms with Gasteiger partial charge < -0.3 is 9.80 Å². The van der Waals surface area contributed by atoms with Crippen molar-refractivity contribution in [3.8, 4) is 0 Å². The van der Waals surface area contributed by atoms with Gasteiger partial charge in [-0.15, -0.1) is 0 Å². The van der Waals surface area contributed by atoms with Gasteiger partial charge in [-0.25, -0.2) is 8.42 Å². The molecule has 0 saturated carbocycles. The Hall–Kier alpha value is -2.52. The molecule has 0 spiro atoms. The summed E-state index contributed by atoms with van der Waals surface area (Å²) >= 11 is 0. The molecule has 0 atom stereocenters. The molecule has 2 aliphatic rings. The van der Waals surface area contributed by atoms with E-state index in [2.05, 4.69) is 4.98 Å². The summed E-state index contributed by atoms with van der Waals surface area (Å²) in [6, 6.07) is 7.10. The van der Waals surface area contributed by atoms with Gasteiger partial charge in [-0.3, -0.25) is 14.6 Å². The smallest absolute Gasteiger partial charge is 0.245 e. The fourth-order valence-electron chi connectivity index (χ4n) is 4.10. The van der Waals surface area contributed by atoms with Crippen molar-refractivity contribution in [1.29, 1.82) is 0 Å². The average Bonchev–Trinajstić information content (AvgIpc) is 3.16. The number of amides is 2. The summed E-state index contributed by atoms with van der Waals surface area (Å²) in [5.74, 6) is 0.0756. The highest BCUT2D eigenvalue weighted by Crippen LogP contribution is 2.25. The van der Waals surface area contributed by atoms with Crippen molar-refractivity contribution in [2.24, 2.45) is 0 Å². The molecule has 0 radical (unpaired) electrons. The summed E-state index contributed by atoms with van der Waals surface area (Å²) in [5, 5.41) is 0.793. The van der Waals surface area contributed by atoms with Crippen LogP contribution in [-0.2, 0) is 19.6 Å². The number of nitrogens with zero attached hydrogens (tertiary/aromatic N) is 4. The van der Waals surface area contributed by atoms with Gasteiger partial charge in [0.25, 0.3) is 0 Å². The zero-order valence-electron chi connectivity index (χ0n) is 17.1. The number of benzene rings is 1. The van der Waals surface area contributed by atoms with E-state index in [4.69, 9.17) is 0 Å². The van der Waals surface area contributed by atoms with Crippen LogP contribution in [0.2, 0.25) is 0 Å². The molecule has 9 heteroatoms. The fraction of sp³-hybridized carbons (Fsp3) is 0.476. The minimum Gasteiger partial charge on any atom is -0.342 e. The first kappa shape index (κ1) is 20.7. The second-order valence-electron chi connectivity index (χ2n) is 7.86. The van der Waals surface area contributed by atoms with Gasteiger partial charge >= 0.3 is 0 Å². The maximum atomic E-state index is 13.2. The fourth-order valence-corrected chi connectivity index (χ4v) is 5.68. The summed E-state index contributed by atoms with van der Waals surface area (Å²) in [4.78, 5) is 32.2. The van der Waals surface area contributed by atoms with E-state index in [0.717, 1.165) is 23.9 Å². The van der Waals surface area contributed by atoms with E-state index < -0.39 is 10.0 Å². The molecule has 1 aromatic carbocycles. The molecule has 160 valence electrons. The number of fused-ring (bicyclic) bond motifs is 1. The molecule has 8 nitrogen and oxygen atoms in total. The molecule has 0 unspecified atom stereocenters. The van der Waals surface area contributed by atoms with E-state index in [-0.39, 0.29) is 36.2 Å². The average molecular weight is 431 g/mol. The van der Waals surface area contributed by atoms with Crippen LogP contribution in [0.4, 0.5) is 0 Å². The van der Waals surface area contributed by atoms with Crippen LogP contribution in [0.3, 0.4) is 0 Å². The quantitative estimate of drug-likeness (QED) is 0.715. The summed E-state index contributed by atoms with van der Waals surface area (Å²) < 4.78 is 27.9. The number of carbonyl (C=O) groups is 2. The Bertz CT molecular complexity index is 1080. The van der Waals surface area contributed by atoms with Crippen molar-refractivity contribution in [1.82, 2.24) is 19.1 Å². The second-order valence-corrected chi connectivity index (χ2v) is 9.77. The number of piperazine rings is 1. The molecule has 2 fully saturated rings. The Kier molecular flexibility index (Phi) is 5.75. The van der Waals surface area contributed by atoms with Crippen LogP contribution in [-0.4, -0.2) is 78.6 Å². The Morgan fingerprint density at radius 2 is 1.90 bits per heavy atom. The minimum atomic E-state index is -3.70. The summed E-state index contributed by atoms with van der Waals surface area (Å²) in [6.45, 7) is 4.28. The zero-order chi connectivity index (χ0) is 21.3. The number of hydrogen-bond donors (Lipinski definition) is 0. The van der Waals surface area contributed by atoms with Crippen molar-refractivity contribution in [2.75, 3.05) is 39.3 Å². The number of sulfonamides is 1. The first-order valence-corrected chi connectivity index (χ1v) is 11.7. The van der Waals surface area contributed by atoms with Gasteiger partial charge in [0.05, 0.1) is 5.52 Å². The highest BCUT2D eigenvalue weighted by atomic mass is 32.2. The predicted molar refractivity (Wildman–Crippen MR) is 112 cm³/mol. The lowest BCUT2D eigenvalue weighted by Gasteiger charge is -2.34. The van der Waals surface area contributed by atoms with Crippen LogP contribution >= 0.6 is 0 Å². The second kappa shape index (κ2) is 8.31. The number of rotatable bonds is 5. The molecule has 0 bridgehead atoms.